The molecule has 4 aromatic rings. The van der Waals surface area contributed by atoms with E-state index in [1.807, 2.05) is 20.8 Å². The number of nitrogens with two attached hydrogens (primary N) is 1. The molecule has 0 aromatic carbocycles. The van der Waals surface area contributed by atoms with Crippen LogP contribution in [0, 0.1) is 19.3 Å². The Labute approximate surface area is 831 Å². The molecular formula is C95H148LiN11O14Y3-6. The number of likely N-dealkylation sites (tertiary alicyclic amines) is 1. The molecule has 9 N–H and O–H groups in total. The van der Waals surface area contributed by atoms with Crippen molar-refractivity contribution in [1.82, 2.24) is 51.4 Å². The van der Waals surface area contributed by atoms with Gasteiger partial charge in [-0.2, -0.15) is 38.5 Å². The summed E-state index contributed by atoms with van der Waals surface area (Å²) in [6, 6.07) is 15.4. The van der Waals surface area contributed by atoms with Crippen molar-refractivity contribution in [3.8, 4) is 0 Å². The molecule has 4 aromatic heterocycles. The van der Waals surface area contributed by atoms with Crippen molar-refractivity contribution in [2.45, 2.75) is 352 Å². The van der Waals surface area contributed by atoms with Crippen LogP contribution in [0.5, 0.6) is 0 Å². The fourth-order valence-electron chi connectivity index (χ4n) is 15.4. The van der Waals surface area contributed by atoms with Gasteiger partial charge >= 0.3 is 48.8 Å². The van der Waals surface area contributed by atoms with Gasteiger partial charge in [-0.05, 0) is 267 Å². The molecule has 0 bridgehead atoms. The first-order chi connectivity index (χ1) is 57.9. The predicted molar refractivity (Wildman–Crippen MR) is 471 cm³/mol. The summed E-state index contributed by atoms with van der Waals surface area (Å²) in [4.78, 5) is 108. The molecule has 683 valence electrons. The number of hydrogen-bond donors (Lipinski definition) is 7. The Morgan fingerprint density at radius 1 is 0.444 bits per heavy atom. The molecule has 25 nitrogen and oxygen atoms in total. The largest absolute Gasteiger partial charge is 1.00 e. The number of ether oxygens (including phenoxy) is 4. The number of nitrogens with zero attached hydrogens (tertiary/aromatic N) is 5. The second-order valence-electron chi connectivity index (χ2n) is 33.2. The Hall–Kier alpha value is -4.09. The van der Waals surface area contributed by atoms with E-state index < -0.39 is 42.1 Å². The minimum atomic E-state index is -0.989. The molecule has 7 aliphatic rings. The number of aryl methyl sites for hydroxylation is 12. The van der Waals surface area contributed by atoms with E-state index in [2.05, 4.69) is 109 Å². The molecule has 7 heterocycles. The Bertz CT molecular complexity index is 3390. The number of pyridine rings is 4. The summed E-state index contributed by atoms with van der Waals surface area (Å²) < 4.78 is 19.1. The number of fused-ring (bicyclic) bond motifs is 4. The Kier molecular flexibility index (Phi) is 73.1. The third-order valence-corrected chi connectivity index (χ3v) is 22.4. The molecule has 4 amide bonds. The van der Waals surface area contributed by atoms with E-state index in [1.165, 1.54) is 218 Å². The van der Waals surface area contributed by atoms with Gasteiger partial charge in [0.1, 0.15) is 11.6 Å². The van der Waals surface area contributed by atoms with Crippen molar-refractivity contribution >= 4 is 49.2 Å². The summed E-state index contributed by atoms with van der Waals surface area (Å²) in [6.07, 6.45) is 62.3. The van der Waals surface area contributed by atoms with Gasteiger partial charge in [0, 0.05) is 144 Å². The average molecular weight is 1940 g/mol. The number of carboxylic acids is 1. The van der Waals surface area contributed by atoms with E-state index in [-0.39, 0.29) is 140 Å². The summed E-state index contributed by atoms with van der Waals surface area (Å²) in [5.41, 5.74) is 21.3. The quantitative estimate of drug-likeness (QED) is 0.00541. The van der Waals surface area contributed by atoms with Crippen molar-refractivity contribution in [2.24, 2.45) is 5.73 Å². The van der Waals surface area contributed by atoms with Gasteiger partial charge in [0.25, 0.3) is 0 Å². The third-order valence-electron chi connectivity index (χ3n) is 22.4. The van der Waals surface area contributed by atoms with Crippen molar-refractivity contribution < 1.29 is 185 Å². The number of nitrogens with one attached hydrogen (secondary N) is 5. The zero-order chi connectivity index (χ0) is 85.8. The fourth-order valence-corrected chi connectivity index (χ4v) is 15.4. The van der Waals surface area contributed by atoms with Crippen LogP contribution in [0.1, 0.15) is 313 Å². The van der Waals surface area contributed by atoms with Crippen LogP contribution in [-0.4, -0.2) is 175 Å². The second-order valence-corrected chi connectivity index (χ2v) is 33.2. The minimum Gasteiger partial charge on any atom is -0.870 e. The van der Waals surface area contributed by atoms with Crippen LogP contribution < -0.4 is 51.2 Å². The number of hydrogen-bond acceptors (Lipinski definition) is 20. The predicted octanol–water partition coefficient (Wildman–Crippen LogP) is 11.4. The van der Waals surface area contributed by atoms with Crippen molar-refractivity contribution in [1.29, 1.82) is 0 Å². The molecule has 3 fully saturated rings. The van der Waals surface area contributed by atoms with Gasteiger partial charge in [-0.15, -0.1) is 13.1 Å². The summed E-state index contributed by atoms with van der Waals surface area (Å²) in [6.45, 7) is 11.8. The van der Waals surface area contributed by atoms with Crippen LogP contribution in [0.15, 0.2) is 48.5 Å². The number of aliphatic carboxylic acids is 1. The Morgan fingerprint density at radius 3 is 1.01 bits per heavy atom. The maximum absolute atomic E-state index is 11.5. The number of rotatable bonds is 42. The number of unbranched alkanes of at least 4 members (excludes halogenated alkanes) is 16. The van der Waals surface area contributed by atoms with E-state index in [0.717, 1.165) is 200 Å². The number of carbonyl (C=O) groups excluding carboxylic acids is 7. The van der Waals surface area contributed by atoms with Gasteiger partial charge < -0.3 is 100 Å². The smallest absolute Gasteiger partial charge is 0.870 e. The standard InChI is InChI=1S/2C20H29N2O3.C19H27N2O3.C19H30N2O2.C9H16NO2.2C4H8N.Li.H2O.3Y/c2*1-25-20(24)19(21-15-23)12-6-4-2-3-5-10-17-14-13-16-9-7-8-11-18(16)22-17;22-14-20-18(19(23)24)11-5-3-1-2-4-9-16-13-12-15-8-6-7-10-17(15)21-16;1-23-19(22)17(20)11-6-4-2-3-5-10-16-14-13-15-9-7-8-12-18(15)21-16;1-9(2,3)12-8(11)10-6-4-5-7-10;2*1-2-4-5-3-1;;;;;/h2*13-14,19H,2-12H2,1H3,(H,21,23);12-13,18H,1-11H2,(H,20,22)(H,23,24);13-14,17H,2-12,20H2,1H3;4H,5-7H2,1-3H3;2*1,5H,2-4H2;;1H2;;;/q3*-1;;3*-1;+1;;;;/p-1/t2*19-;18-;17-;;;;;;;;/m0000......../s1. The average Bonchev–Trinajstić information content (AvgIpc) is 1.51. The Morgan fingerprint density at radius 2 is 0.742 bits per heavy atom. The van der Waals surface area contributed by atoms with Crippen LogP contribution in [0.25, 0.3) is 0 Å². The second kappa shape index (κ2) is 75.6. The van der Waals surface area contributed by atoms with E-state index in [4.69, 9.17) is 35.5 Å². The zero-order valence-corrected chi connectivity index (χ0v) is 85.0. The van der Waals surface area contributed by atoms with Gasteiger partial charge in [-0.3, -0.25) is 29.5 Å². The van der Waals surface area contributed by atoms with E-state index in [1.54, 1.807) is 17.7 Å². The number of esters is 3. The van der Waals surface area contributed by atoms with Gasteiger partial charge in [0.15, 0.2) is 0 Å². The molecular weight excluding hydrogens is 1790 g/mol. The summed E-state index contributed by atoms with van der Waals surface area (Å²) in [5.74, 6) is -2.09. The molecule has 29 heteroatoms. The van der Waals surface area contributed by atoms with E-state index in [0.29, 0.717) is 19.3 Å². The first kappa shape index (κ1) is 120. The van der Waals surface area contributed by atoms with E-state index >= 15 is 0 Å². The molecule has 3 radical (unpaired) electrons. The van der Waals surface area contributed by atoms with Crippen molar-refractivity contribution in [3.63, 3.8) is 0 Å². The van der Waals surface area contributed by atoms with Crippen LogP contribution in [0.2, 0.25) is 0 Å². The van der Waals surface area contributed by atoms with Crippen LogP contribution >= 0.6 is 0 Å². The summed E-state index contributed by atoms with van der Waals surface area (Å²) >= 11 is 0. The van der Waals surface area contributed by atoms with Gasteiger partial charge in [0.05, 0.1) is 39.5 Å². The zero-order valence-electron chi connectivity index (χ0n) is 76.5. The fraction of sp³-hybridized carbons (Fsp3) is 0.674. The maximum Gasteiger partial charge on any atom is 1.00 e. The number of aromatic nitrogens is 4. The molecule has 0 unspecified atom stereocenters. The van der Waals surface area contributed by atoms with Gasteiger partial charge in [-0.25, -0.2) is 14.4 Å². The molecule has 3 aliphatic heterocycles. The Balaban J connectivity index is 0.00000148. The molecule has 124 heavy (non-hydrogen) atoms. The maximum atomic E-state index is 11.5. The summed E-state index contributed by atoms with van der Waals surface area (Å²) in [7, 11) is 4.05. The van der Waals surface area contributed by atoms with Gasteiger partial charge in [0.2, 0.25) is 0 Å². The van der Waals surface area contributed by atoms with E-state index in [9.17, 15) is 38.4 Å². The number of methoxy groups -OCH3 is 3. The summed E-state index contributed by atoms with van der Waals surface area (Å²) in [5, 5.41) is 22.2. The van der Waals surface area contributed by atoms with Gasteiger partial charge in [-0.1, -0.05) is 134 Å². The monoisotopic (exact) mass is 1940 g/mol. The molecule has 0 spiro atoms. The number of carbonyl (C=O) groups is 5. The van der Waals surface area contributed by atoms with Crippen molar-refractivity contribution in [3.05, 3.63) is 136 Å². The molecule has 4 atom stereocenters. The number of carboxylic acid groups (broad SMARTS) is 1. The normalized spacial score (nSPS) is 15.1. The molecule has 11 rings (SSSR count). The SMILES string of the molecule is CC(C)(C)OC(=O)N1C[CH-]CC1.COC(=O)[C@@H](N)CCCCCCCc1ccc2c(n1)CCCC2.COC(=O)[C@H](CCCCCCCc1ccc2c(n1)CCCC2)N[C-]=O.COC(=O)[C@H](CCCCCCCc1ccc2c(n1)CCCC2)N[C-]=O.O=[C-]N[C@@H](CCCCCCCc1ccc2c(n1)CCCC2)C(=O)O.[CH-]1CCNC1.[CH-]1CCNC1.[Li+].[OH-].[Y].[Y].[Y]. The van der Waals surface area contributed by atoms with Crippen molar-refractivity contribution in [2.75, 3.05) is 60.6 Å². The first-order valence-electron chi connectivity index (χ1n) is 45.2. The molecule has 0 saturated carbocycles. The molecule has 3 saturated heterocycles. The molecule has 4 aliphatic carbocycles. The topological polar surface area (TPSA) is 365 Å². The third kappa shape index (κ3) is 53.9. The van der Waals surface area contributed by atoms with Crippen LogP contribution in [0.4, 0.5) is 4.79 Å². The number of amides is 4. The van der Waals surface area contributed by atoms with Crippen LogP contribution in [0.3, 0.4) is 0 Å². The minimum absolute atomic E-state index is 0. The van der Waals surface area contributed by atoms with Crippen LogP contribution in [-0.2, 0) is 228 Å². The first-order valence-corrected chi connectivity index (χ1v) is 45.2.